The minimum atomic E-state index is -4.80. The van der Waals surface area contributed by atoms with Gasteiger partial charge in [-0.1, -0.05) is 39.3 Å². The van der Waals surface area contributed by atoms with Crippen molar-refractivity contribution in [2.75, 3.05) is 13.7 Å². The molecule has 0 N–H and O–H groups in total. The highest BCUT2D eigenvalue weighted by Crippen LogP contribution is 2.55. The van der Waals surface area contributed by atoms with Crippen molar-refractivity contribution in [3.05, 3.63) is 79.1 Å². The van der Waals surface area contributed by atoms with Crippen LogP contribution in [0, 0.1) is 20.9 Å². The molecular formula is C33H34ClF3N2O6. The molecule has 0 fully saturated rings. The minimum Gasteiger partial charge on any atom is -0.490 e. The molecule has 0 atom stereocenters. The zero-order valence-corrected chi connectivity index (χ0v) is 26.6. The molecule has 5 rings (SSSR count). The van der Waals surface area contributed by atoms with Crippen LogP contribution in [0.25, 0.3) is 0 Å². The van der Waals surface area contributed by atoms with Gasteiger partial charge in [0, 0.05) is 54.4 Å². The Morgan fingerprint density at radius 1 is 0.956 bits per heavy atom. The number of hydrogen-bond acceptors (Lipinski definition) is 7. The molecule has 0 saturated carbocycles. The molecular weight excluding hydrogens is 613 g/mol. The van der Waals surface area contributed by atoms with Crippen LogP contribution in [-0.2, 0) is 15.8 Å². The van der Waals surface area contributed by atoms with Gasteiger partial charge in [0.15, 0.2) is 23.1 Å². The zero-order chi connectivity index (χ0) is 33.2. The quantitative estimate of drug-likeness (QED) is 0.228. The van der Waals surface area contributed by atoms with Crippen molar-refractivity contribution < 1.29 is 37.2 Å². The van der Waals surface area contributed by atoms with Gasteiger partial charge in [0.2, 0.25) is 5.75 Å². The lowest BCUT2D eigenvalue weighted by Gasteiger charge is -2.48. The van der Waals surface area contributed by atoms with Gasteiger partial charge in [-0.3, -0.25) is 19.7 Å². The van der Waals surface area contributed by atoms with Gasteiger partial charge in [0.1, 0.15) is 0 Å². The van der Waals surface area contributed by atoms with E-state index in [1.54, 1.807) is 13.0 Å². The van der Waals surface area contributed by atoms with Crippen LogP contribution in [0.2, 0.25) is 5.02 Å². The van der Waals surface area contributed by atoms with Crippen LogP contribution in [0.3, 0.4) is 0 Å². The number of carbonyl (C=O) groups is 2. The van der Waals surface area contributed by atoms with Crippen molar-refractivity contribution in [1.29, 1.82) is 0 Å². The predicted octanol–water partition coefficient (Wildman–Crippen LogP) is 8.77. The lowest BCUT2D eigenvalue weighted by molar-refractivity contribution is -0.385. The van der Waals surface area contributed by atoms with Crippen LogP contribution in [0.5, 0.6) is 17.2 Å². The van der Waals surface area contributed by atoms with E-state index in [9.17, 15) is 32.9 Å². The molecule has 3 aliphatic rings. The number of hydrogen-bond donors (Lipinski definition) is 0. The van der Waals surface area contributed by atoms with E-state index in [1.807, 2.05) is 39.6 Å². The van der Waals surface area contributed by atoms with E-state index in [-0.39, 0.29) is 45.5 Å². The molecule has 240 valence electrons. The third kappa shape index (κ3) is 6.06. The number of halogens is 4. The molecule has 2 aliphatic carbocycles. The second kappa shape index (κ2) is 11.2. The van der Waals surface area contributed by atoms with Crippen molar-refractivity contribution in [2.24, 2.45) is 10.8 Å². The number of benzene rings is 2. The Balaban J connectivity index is 1.68. The number of alkyl halides is 3. The van der Waals surface area contributed by atoms with Crippen molar-refractivity contribution in [3.8, 4) is 17.2 Å². The van der Waals surface area contributed by atoms with Crippen LogP contribution in [0.4, 0.5) is 18.9 Å². The second-order valence-electron chi connectivity index (χ2n) is 13.4. The Morgan fingerprint density at radius 2 is 1.51 bits per heavy atom. The number of carbonyl (C=O) groups excluding carboxylic acids is 2. The minimum absolute atomic E-state index is 0.0550. The monoisotopic (exact) mass is 646 g/mol. The van der Waals surface area contributed by atoms with Crippen LogP contribution >= 0.6 is 11.6 Å². The Labute approximate surface area is 264 Å². The first-order chi connectivity index (χ1) is 20.8. The summed E-state index contributed by atoms with van der Waals surface area (Å²) in [4.78, 5) is 40.4. The Hall–Kier alpha value is -3.86. The number of ether oxygens (including phenoxy) is 2. The molecule has 0 bridgehead atoms. The highest BCUT2D eigenvalue weighted by Gasteiger charge is 2.48. The van der Waals surface area contributed by atoms with E-state index < -0.39 is 34.0 Å². The molecule has 2 aromatic rings. The number of nitrogens with zero attached hydrogens (tertiary/aromatic N) is 2. The number of nitro groups is 1. The first-order valence-corrected chi connectivity index (χ1v) is 15.0. The summed E-state index contributed by atoms with van der Waals surface area (Å²) in [6.45, 7) is 9.96. The van der Waals surface area contributed by atoms with Crippen molar-refractivity contribution in [3.63, 3.8) is 0 Å². The zero-order valence-electron chi connectivity index (χ0n) is 25.9. The third-order valence-corrected chi connectivity index (χ3v) is 8.82. The largest absolute Gasteiger partial charge is 0.490 e. The van der Waals surface area contributed by atoms with Crippen molar-refractivity contribution in [2.45, 2.75) is 72.4 Å². The molecule has 0 unspecified atom stereocenters. The van der Waals surface area contributed by atoms with E-state index in [2.05, 4.69) is 0 Å². The summed E-state index contributed by atoms with van der Waals surface area (Å²) in [7, 11) is 1.90. The van der Waals surface area contributed by atoms with E-state index in [0.717, 1.165) is 17.5 Å². The SMILES string of the molecule is CCOc1cc(C2C3=C(CC(C)(C)CC3=O)N(C)C3=C2C(=O)CC(C)(C)C3)cc(Cl)c1Oc1ccc(C(F)(F)F)cc1[N+](=O)[O-]. The van der Waals surface area contributed by atoms with E-state index in [1.165, 1.54) is 6.07 Å². The standard InChI is InChI=1S/C33H34ClF3N2O6/c1-7-44-26-11-17(10-19(34)30(26)45-25-9-8-18(33(35,36)37)12-20(25)39(42)43)27-28-21(13-31(2,3)15-23(28)40)38(6)22-14-32(4,5)16-24(41)29(22)27/h8-12,27H,7,13-16H2,1-6H3. The topological polar surface area (TPSA) is 99.0 Å². The van der Waals surface area contributed by atoms with Gasteiger partial charge in [-0.25, -0.2) is 0 Å². The van der Waals surface area contributed by atoms with Crippen LogP contribution < -0.4 is 9.47 Å². The van der Waals surface area contributed by atoms with E-state index in [4.69, 9.17) is 21.1 Å². The molecule has 0 amide bonds. The van der Waals surface area contributed by atoms with E-state index in [0.29, 0.717) is 54.5 Å². The summed E-state index contributed by atoms with van der Waals surface area (Å²) >= 11 is 6.75. The van der Waals surface area contributed by atoms with Crippen LogP contribution in [0.1, 0.15) is 77.3 Å². The maximum atomic E-state index is 13.8. The molecule has 0 spiro atoms. The smallest absolute Gasteiger partial charge is 0.416 e. The first-order valence-electron chi connectivity index (χ1n) is 14.6. The van der Waals surface area contributed by atoms with Gasteiger partial charge in [0.05, 0.1) is 22.1 Å². The molecule has 8 nitrogen and oxygen atoms in total. The fourth-order valence-corrected chi connectivity index (χ4v) is 6.90. The molecule has 2 aromatic carbocycles. The van der Waals surface area contributed by atoms with E-state index >= 15 is 0 Å². The molecule has 12 heteroatoms. The van der Waals surface area contributed by atoms with Crippen molar-refractivity contribution >= 4 is 28.9 Å². The molecule has 0 saturated heterocycles. The number of nitro benzene ring substituents is 1. The first kappa shape index (κ1) is 32.5. The number of Topliss-reactive ketones (excluding diaryl/α,β-unsaturated/α-hetero) is 2. The highest BCUT2D eigenvalue weighted by molar-refractivity contribution is 6.32. The van der Waals surface area contributed by atoms with Crippen molar-refractivity contribution in [1.82, 2.24) is 4.90 Å². The van der Waals surface area contributed by atoms with Gasteiger partial charge in [-0.15, -0.1) is 0 Å². The Kier molecular flexibility index (Phi) is 8.09. The summed E-state index contributed by atoms with van der Waals surface area (Å²) in [5, 5.41) is 11.7. The van der Waals surface area contributed by atoms with Crippen LogP contribution in [-0.4, -0.2) is 35.0 Å². The lowest BCUT2D eigenvalue weighted by atomic mass is 9.63. The summed E-state index contributed by atoms with van der Waals surface area (Å²) in [5.74, 6) is -1.43. The number of ketones is 2. The Bertz CT molecular complexity index is 1640. The van der Waals surface area contributed by atoms with Gasteiger partial charge < -0.3 is 14.4 Å². The van der Waals surface area contributed by atoms with Gasteiger partial charge in [-0.05, 0) is 60.4 Å². The normalized spacial score (nSPS) is 19.8. The Morgan fingerprint density at radius 3 is 2.00 bits per heavy atom. The summed E-state index contributed by atoms with van der Waals surface area (Å²) in [6.07, 6.45) is -2.97. The molecule has 0 radical (unpaired) electrons. The maximum absolute atomic E-state index is 13.8. The average Bonchev–Trinajstić information content (AvgIpc) is 2.90. The number of allylic oxidation sites excluding steroid dienone is 4. The fourth-order valence-electron chi connectivity index (χ4n) is 6.65. The molecule has 1 heterocycles. The highest BCUT2D eigenvalue weighted by atomic mass is 35.5. The van der Waals surface area contributed by atoms with Crippen LogP contribution in [0.15, 0.2) is 52.9 Å². The van der Waals surface area contributed by atoms with Gasteiger partial charge in [-0.2, -0.15) is 13.2 Å². The van der Waals surface area contributed by atoms with Gasteiger partial charge >= 0.3 is 11.9 Å². The molecule has 45 heavy (non-hydrogen) atoms. The summed E-state index contributed by atoms with van der Waals surface area (Å²) in [5.41, 5.74) is 0.560. The summed E-state index contributed by atoms with van der Waals surface area (Å²) in [6, 6.07) is 5.05. The third-order valence-electron chi connectivity index (χ3n) is 8.54. The maximum Gasteiger partial charge on any atom is 0.416 e. The summed E-state index contributed by atoms with van der Waals surface area (Å²) < 4.78 is 51.5. The second-order valence-corrected chi connectivity index (χ2v) is 13.8. The fraction of sp³-hybridized carbons (Fsp3) is 0.455. The average molecular weight is 647 g/mol. The molecule has 1 aliphatic heterocycles. The van der Waals surface area contributed by atoms with Gasteiger partial charge in [0.25, 0.3) is 0 Å². The molecule has 0 aromatic heterocycles. The predicted molar refractivity (Wildman–Crippen MR) is 161 cm³/mol. The lowest BCUT2D eigenvalue weighted by Crippen LogP contribution is -2.43. The number of rotatable bonds is 6.